The highest BCUT2D eigenvalue weighted by Crippen LogP contribution is 2.26. The van der Waals surface area contributed by atoms with Crippen LogP contribution in [0.3, 0.4) is 0 Å². The topological polar surface area (TPSA) is 54.3 Å². The highest BCUT2D eigenvalue weighted by Gasteiger charge is 2.23. The lowest BCUT2D eigenvalue weighted by Crippen LogP contribution is -2.33. The van der Waals surface area contributed by atoms with Crippen molar-refractivity contribution in [3.05, 3.63) is 5.82 Å². The van der Waals surface area contributed by atoms with Crippen molar-refractivity contribution in [1.29, 1.82) is 0 Å². The van der Waals surface area contributed by atoms with Gasteiger partial charge in [0.05, 0.1) is 11.8 Å². The van der Waals surface area contributed by atoms with Gasteiger partial charge in [0.2, 0.25) is 5.91 Å². The van der Waals surface area contributed by atoms with E-state index in [0.29, 0.717) is 5.75 Å². The lowest BCUT2D eigenvalue weighted by atomic mass is 10.2. The molecule has 1 aromatic rings. The third-order valence-corrected chi connectivity index (χ3v) is 6.02. The first-order valence-corrected chi connectivity index (χ1v) is 11.1. The van der Waals surface area contributed by atoms with Crippen molar-refractivity contribution in [3.8, 4) is 0 Å². The Balaban J connectivity index is 2.07. The molecule has 0 aromatic carbocycles. The molecule has 148 valence electrons. The Bertz CT molecular complexity index is 552. The van der Waals surface area contributed by atoms with Crippen molar-refractivity contribution in [3.63, 3.8) is 0 Å². The Kier molecular flexibility index (Phi) is 8.91. The number of carbonyl (C=O) groups excluding carboxylic acids is 1. The zero-order valence-electron chi connectivity index (χ0n) is 16.9. The molecule has 0 N–H and O–H groups in total. The van der Waals surface area contributed by atoms with Crippen LogP contribution in [0, 0.1) is 0 Å². The highest BCUT2D eigenvalue weighted by atomic mass is 32.2. The number of nitrogens with zero attached hydrogens (tertiary/aromatic N) is 5. The van der Waals surface area contributed by atoms with Crippen LogP contribution < -0.4 is 0 Å². The van der Waals surface area contributed by atoms with Gasteiger partial charge in [-0.05, 0) is 39.8 Å². The quantitative estimate of drug-likeness (QED) is 0.612. The van der Waals surface area contributed by atoms with Crippen molar-refractivity contribution in [2.24, 2.45) is 0 Å². The summed E-state index contributed by atoms with van der Waals surface area (Å²) in [7, 11) is 4.17. The molecule has 7 heteroatoms. The predicted octanol–water partition coefficient (Wildman–Crippen LogP) is 3.59. The molecule has 0 radical (unpaired) electrons. The Morgan fingerprint density at radius 2 is 1.85 bits per heavy atom. The van der Waals surface area contributed by atoms with Crippen LogP contribution in [0.5, 0.6) is 0 Å². The fourth-order valence-electron chi connectivity index (χ4n) is 3.50. The summed E-state index contributed by atoms with van der Waals surface area (Å²) in [6.45, 7) is 7.11. The highest BCUT2D eigenvalue weighted by molar-refractivity contribution is 7.99. The molecular weight excluding hydrogens is 346 g/mol. The summed E-state index contributed by atoms with van der Waals surface area (Å²) in [5.74, 6) is 1.72. The van der Waals surface area contributed by atoms with Crippen molar-refractivity contribution in [1.82, 2.24) is 24.6 Å². The minimum Gasteiger partial charge on any atom is -0.342 e. The van der Waals surface area contributed by atoms with Crippen LogP contribution >= 0.6 is 11.8 Å². The van der Waals surface area contributed by atoms with Crippen molar-refractivity contribution in [2.75, 3.05) is 32.9 Å². The number of thioether (sulfide) groups is 1. The van der Waals surface area contributed by atoms with Crippen molar-refractivity contribution in [2.45, 2.75) is 76.5 Å². The van der Waals surface area contributed by atoms with E-state index in [1.165, 1.54) is 12.8 Å². The maximum atomic E-state index is 12.6. The predicted molar refractivity (Wildman–Crippen MR) is 107 cm³/mol. The van der Waals surface area contributed by atoms with Crippen LogP contribution in [0.2, 0.25) is 0 Å². The molecular formula is C19H35N5OS. The Morgan fingerprint density at radius 3 is 2.42 bits per heavy atom. The van der Waals surface area contributed by atoms with Gasteiger partial charge >= 0.3 is 0 Å². The van der Waals surface area contributed by atoms with E-state index in [2.05, 4.69) is 47.6 Å². The molecule has 1 unspecified atom stereocenters. The second kappa shape index (κ2) is 10.9. The van der Waals surface area contributed by atoms with Crippen LogP contribution in [0.1, 0.15) is 70.7 Å². The van der Waals surface area contributed by atoms with Crippen molar-refractivity contribution >= 4 is 17.7 Å². The first-order valence-electron chi connectivity index (χ1n) is 10.1. The molecule has 1 amide bonds. The molecule has 1 atom stereocenters. The van der Waals surface area contributed by atoms with Gasteiger partial charge in [-0.15, -0.1) is 10.2 Å². The Morgan fingerprint density at radius 1 is 1.15 bits per heavy atom. The second-order valence-electron chi connectivity index (χ2n) is 7.32. The molecule has 0 aliphatic carbocycles. The maximum Gasteiger partial charge on any atom is 0.233 e. The summed E-state index contributed by atoms with van der Waals surface area (Å²) in [6, 6.07) is 0.259. The summed E-state index contributed by atoms with van der Waals surface area (Å²) < 4.78 is 2.23. The van der Waals surface area contributed by atoms with E-state index in [9.17, 15) is 4.79 Å². The van der Waals surface area contributed by atoms with E-state index in [4.69, 9.17) is 0 Å². The van der Waals surface area contributed by atoms with Crippen LogP contribution in [-0.2, 0) is 11.3 Å². The number of rotatable bonds is 9. The molecule has 1 aliphatic heterocycles. The molecule has 6 nitrogen and oxygen atoms in total. The average molecular weight is 382 g/mol. The van der Waals surface area contributed by atoms with E-state index >= 15 is 0 Å². The molecule has 0 bridgehead atoms. The average Bonchev–Trinajstić information content (AvgIpc) is 2.83. The Labute approximate surface area is 162 Å². The molecule has 1 aromatic heterocycles. The van der Waals surface area contributed by atoms with Gasteiger partial charge in [0, 0.05) is 19.6 Å². The number of likely N-dealkylation sites (tertiary alicyclic amines) is 1. The fourth-order valence-corrected chi connectivity index (χ4v) is 4.37. The van der Waals surface area contributed by atoms with Crippen LogP contribution in [0.15, 0.2) is 5.16 Å². The summed E-state index contributed by atoms with van der Waals surface area (Å²) in [5.41, 5.74) is 0. The first kappa shape index (κ1) is 21.2. The SMILES string of the molecule is CCCCn1c(SCC(=O)N2CCCCCC2)nnc1C(CC)N(C)C. The molecule has 26 heavy (non-hydrogen) atoms. The van der Waals surface area contributed by atoms with Crippen LogP contribution in [-0.4, -0.2) is 63.4 Å². The zero-order chi connectivity index (χ0) is 18.9. The van der Waals surface area contributed by atoms with Crippen molar-refractivity contribution < 1.29 is 4.79 Å². The van der Waals surface area contributed by atoms with Crippen LogP contribution in [0.4, 0.5) is 0 Å². The zero-order valence-corrected chi connectivity index (χ0v) is 17.7. The van der Waals surface area contributed by atoms with E-state index in [-0.39, 0.29) is 11.9 Å². The van der Waals surface area contributed by atoms with E-state index in [1.807, 2.05) is 4.90 Å². The van der Waals surface area contributed by atoms with E-state index in [1.54, 1.807) is 11.8 Å². The lowest BCUT2D eigenvalue weighted by molar-refractivity contribution is -0.128. The molecule has 0 saturated carbocycles. The van der Waals surface area contributed by atoms with Gasteiger partial charge in [0.25, 0.3) is 0 Å². The summed E-state index contributed by atoms with van der Waals surface area (Å²) in [6.07, 6.45) is 7.98. The third-order valence-electron chi connectivity index (χ3n) is 5.07. The fraction of sp³-hybridized carbons (Fsp3) is 0.842. The number of carbonyl (C=O) groups is 1. The molecule has 0 spiro atoms. The number of hydrogen-bond acceptors (Lipinski definition) is 5. The summed E-state index contributed by atoms with van der Waals surface area (Å²) in [4.78, 5) is 16.8. The lowest BCUT2D eigenvalue weighted by Gasteiger charge is -2.23. The maximum absolute atomic E-state index is 12.6. The summed E-state index contributed by atoms with van der Waals surface area (Å²) in [5, 5.41) is 9.81. The molecule has 1 saturated heterocycles. The van der Waals surface area contributed by atoms with Gasteiger partial charge in [-0.1, -0.05) is 44.9 Å². The minimum absolute atomic E-state index is 0.239. The van der Waals surface area contributed by atoms with Gasteiger partial charge in [0.15, 0.2) is 11.0 Å². The second-order valence-corrected chi connectivity index (χ2v) is 8.26. The standard InChI is InChI=1S/C19H35N5OS/c1-5-7-14-24-18(16(6-2)22(3)4)20-21-19(24)26-15-17(25)23-12-10-8-9-11-13-23/h16H,5-15H2,1-4H3. The third kappa shape index (κ3) is 5.71. The van der Waals surface area contributed by atoms with E-state index < -0.39 is 0 Å². The number of unbranched alkanes of at least 4 members (excludes halogenated alkanes) is 1. The molecule has 1 fully saturated rings. The van der Waals surface area contributed by atoms with Gasteiger partial charge in [-0.25, -0.2) is 0 Å². The largest absolute Gasteiger partial charge is 0.342 e. The number of amides is 1. The molecule has 1 aliphatic rings. The molecule has 2 heterocycles. The Hall–Kier alpha value is -1.08. The van der Waals surface area contributed by atoms with Gasteiger partial charge in [0.1, 0.15) is 0 Å². The van der Waals surface area contributed by atoms with Gasteiger partial charge in [-0.2, -0.15) is 0 Å². The normalized spacial score (nSPS) is 16.7. The molecule has 2 rings (SSSR count). The summed E-state index contributed by atoms with van der Waals surface area (Å²) >= 11 is 1.55. The number of aromatic nitrogens is 3. The van der Waals surface area contributed by atoms with E-state index in [0.717, 1.165) is 62.7 Å². The minimum atomic E-state index is 0.239. The number of hydrogen-bond donors (Lipinski definition) is 0. The van der Waals surface area contributed by atoms with Crippen LogP contribution in [0.25, 0.3) is 0 Å². The monoisotopic (exact) mass is 381 g/mol. The first-order chi connectivity index (χ1) is 12.6. The smallest absolute Gasteiger partial charge is 0.233 e. The van der Waals surface area contributed by atoms with Gasteiger partial charge in [-0.3, -0.25) is 9.69 Å². The van der Waals surface area contributed by atoms with Gasteiger partial charge < -0.3 is 9.47 Å².